The molecule has 0 aromatic rings. The van der Waals surface area contributed by atoms with Gasteiger partial charge < -0.3 is 4.74 Å². The molecule has 2 rings (SSSR count). The van der Waals surface area contributed by atoms with Gasteiger partial charge in [-0.15, -0.1) is 23.5 Å². The molecular weight excluding hydrogens is 200 g/mol. The van der Waals surface area contributed by atoms with Gasteiger partial charge in [-0.05, 0) is 26.7 Å². The Balaban J connectivity index is 2.29. The first-order valence-electron chi connectivity index (χ1n) is 5.14. The SMILES string of the molecule is CCC12OC(CC)(SC1C)C(C)S2. The second-order valence-electron chi connectivity index (χ2n) is 3.95. The average Bonchev–Trinajstić information content (AvgIpc) is 2.56. The van der Waals surface area contributed by atoms with Crippen LogP contribution in [-0.2, 0) is 4.74 Å². The molecule has 2 saturated heterocycles. The minimum absolute atomic E-state index is 0.125. The molecule has 13 heavy (non-hydrogen) atoms. The molecule has 3 heteroatoms. The van der Waals surface area contributed by atoms with E-state index in [1.165, 1.54) is 0 Å². The molecule has 0 spiro atoms. The third kappa shape index (κ3) is 1.20. The number of ether oxygens (including phenoxy) is 1. The maximum Gasteiger partial charge on any atom is 0.127 e. The van der Waals surface area contributed by atoms with Gasteiger partial charge in [0.2, 0.25) is 0 Å². The summed E-state index contributed by atoms with van der Waals surface area (Å²) >= 11 is 4.10. The van der Waals surface area contributed by atoms with Crippen LogP contribution in [0.3, 0.4) is 0 Å². The van der Waals surface area contributed by atoms with Crippen molar-refractivity contribution in [1.82, 2.24) is 0 Å². The van der Waals surface area contributed by atoms with Crippen LogP contribution in [0.1, 0.15) is 40.5 Å². The Morgan fingerprint density at radius 2 is 1.38 bits per heavy atom. The largest absolute Gasteiger partial charge is 0.345 e. The predicted octanol–water partition coefficient (Wildman–Crippen LogP) is 3.49. The highest BCUT2D eigenvalue weighted by Crippen LogP contribution is 2.66. The first-order chi connectivity index (χ1) is 6.08. The van der Waals surface area contributed by atoms with E-state index in [0.29, 0.717) is 10.5 Å². The number of hydrogen-bond donors (Lipinski definition) is 0. The van der Waals surface area contributed by atoms with Gasteiger partial charge in [0.15, 0.2) is 0 Å². The molecule has 0 aliphatic carbocycles. The molecule has 0 N–H and O–H groups in total. The van der Waals surface area contributed by atoms with Gasteiger partial charge in [0, 0.05) is 10.5 Å². The van der Waals surface area contributed by atoms with E-state index in [2.05, 4.69) is 51.2 Å². The summed E-state index contributed by atoms with van der Waals surface area (Å²) in [4.78, 5) is 0.250. The van der Waals surface area contributed by atoms with Crippen LogP contribution in [-0.4, -0.2) is 20.4 Å². The molecule has 0 aromatic carbocycles. The molecule has 0 radical (unpaired) electrons. The van der Waals surface area contributed by atoms with Crippen LogP contribution in [0.4, 0.5) is 0 Å². The monoisotopic (exact) mass is 218 g/mol. The predicted molar refractivity (Wildman–Crippen MR) is 61.2 cm³/mol. The normalized spacial score (nSPS) is 54.5. The van der Waals surface area contributed by atoms with Crippen LogP contribution in [0.25, 0.3) is 0 Å². The molecule has 76 valence electrons. The molecule has 2 fully saturated rings. The molecule has 2 bridgehead atoms. The van der Waals surface area contributed by atoms with Gasteiger partial charge in [0.05, 0.1) is 0 Å². The third-order valence-corrected chi connectivity index (χ3v) is 7.34. The summed E-state index contributed by atoms with van der Waals surface area (Å²) in [7, 11) is 0. The number of hydrogen-bond acceptors (Lipinski definition) is 3. The average molecular weight is 218 g/mol. The molecule has 2 aliphatic heterocycles. The second kappa shape index (κ2) is 3.07. The van der Waals surface area contributed by atoms with E-state index in [9.17, 15) is 0 Å². The Morgan fingerprint density at radius 3 is 1.62 bits per heavy atom. The van der Waals surface area contributed by atoms with Crippen molar-refractivity contribution in [2.45, 2.75) is 60.9 Å². The number of fused-ring (bicyclic) bond motifs is 2. The smallest absolute Gasteiger partial charge is 0.127 e. The maximum absolute atomic E-state index is 6.30. The zero-order valence-corrected chi connectivity index (χ0v) is 10.4. The van der Waals surface area contributed by atoms with E-state index in [-0.39, 0.29) is 9.87 Å². The lowest BCUT2D eigenvalue weighted by Gasteiger charge is -2.31. The van der Waals surface area contributed by atoms with Crippen LogP contribution in [0.2, 0.25) is 0 Å². The number of thioether (sulfide) groups is 2. The van der Waals surface area contributed by atoms with E-state index in [0.717, 1.165) is 12.8 Å². The Hall–Kier alpha value is 0.660. The van der Waals surface area contributed by atoms with Crippen molar-refractivity contribution in [3.63, 3.8) is 0 Å². The zero-order chi connectivity index (χ0) is 9.69. The van der Waals surface area contributed by atoms with Crippen LogP contribution in [0, 0.1) is 0 Å². The summed E-state index contributed by atoms with van der Waals surface area (Å²) in [5.41, 5.74) is 0. The van der Waals surface area contributed by atoms with Gasteiger partial charge in [0.25, 0.3) is 0 Å². The standard InChI is InChI=1S/C10H18OS2/c1-5-9-7(3)13-10(6-2,11-9)8(4)12-9/h7-8H,5-6H2,1-4H3. The fraction of sp³-hybridized carbons (Fsp3) is 1.00. The van der Waals surface area contributed by atoms with Crippen LogP contribution in [0.15, 0.2) is 0 Å². The van der Waals surface area contributed by atoms with Crippen LogP contribution >= 0.6 is 23.5 Å². The van der Waals surface area contributed by atoms with E-state index in [1.807, 2.05) is 0 Å². The molecule has 0 saturated carbocycles. The van der Waals surface area contributed by atoms with E-state index < -0.39 is 0 Å². The quantitative estimate of drug-likeness (QED) is 0.702. The van der Waals surface area contributed by atoms with Gasteiger partial charge in [-0.1, -0.05) is 13.8 Å². The lowest BCUT2D eigenvalue weighted by molar-refractivity contribution is -0.0189. The lowest BCUT2D eigenvalue weighted by Crippen LogP contribution is -2.32. The minimum atomic E-state index is 0.125. The lowest BCUT2D eigenvalue weighted by atomic mass is 10.2. The van der Waals surface area contributed by atoms with Crippen LogP contribution < -0.4 is 0 Å². The van der Waals surface area contributed by atoms with E-state index in [1.54, 1.807) is 0 Å². The fourth-order valence-electron chi connectivity index (χ4n) is 2.36. The molecule has 4 unspecified atom stereocenters. The molecule has 2 heterocycles. The summed E-state index contributed by atoms with van der Waals surface area (Å²) in [5, 5.41) is 1.30. The third-order valence-electron chi connectivity index (χ3n) is 3.32. The van der Waals surface area contributed by atoms with Crippen molar-refractivity contribution < 1.29 is 4.74 Å². The van der Waals surface area contributed by atoms with Gasteiger partial charge in [-0.3, -0.25) is 0 Å². The Bertz CT molecular complexity index is 199. The minimum Gasteiger partial charge on any atom is -0.345 e. The van der Waals surface area contributed by atoms with Crippen molar-refractivity contribution in [2.24, 2.45) is 0 Å². The Labute approximate surface area is 89.4 Å². The Morgan fingerprint density at radius 1 is 1.00 bits per heavy atom. The summed E-state index contributed by atoms with van der Waals surface area (Å²) in [6.07, 6.45) is 2.27. The fourth-order valence-corrected chi connectivity index (χ4v) is 6.13. The second-order valence-corrected chi connectivity index (χ2v) is 7.22. The van der Waals surface area contributed by atoms with E-state index in [4.69, 9.17) is 4.74 Å². The summed E-state index contributed by atoms with van der Waals surface area (Å²) in [6, 6.07) is 0. The zero-order valence-electron chi connectivity index (χ0n) is 8.79. The maximum atomic E-state index is 6.30. The van der Waals surface area contributed by atoms with E-state index >= 15 is 0 Å². The van der Waals surface area contributed by atoms with Crippen LogP contribution in [0.5, 0.6) is 0 Å². The highest BCUT2D eigenvalue weighted by atomic mass is 32.2. The van der Waals surface area contributed by atoms with Crippen molar-refractivity contribution in [3.05, 3.63) is 0 Å². The highest BCUT2D eigenvalue weighted by Gasteiger charge is 2.63. The molecule has 2 aliphatic rings. The van der Waals surface area contributed by atoms with Gasteiger partial charge in [-0.2, -0.15) is 0 Å². The first-order valence-corrected chi connectivity index (χ1v) is 6.90. The van der Waals surface area contributed by atoms with Crippen molar-refractivity contribution in [1.29, 1.82) is 0 Å². The van der Waals surface area contributed by atoms with Crippen molar-refractivity contribution in [3.8, 4) is 0 Å². The molecule has 4 atom stereocenters. The molecule has 1 nitrogen and oxygen atoms in total. The summed E-state index contributed by atoms with van der Waals surface area (Å²) < 4.78 is 6.30. The van der Waals surface area contributed by atoms with Gasteiger partial charge in [0.1, 0.15) is 9.87 Å². The summed E-state index contributed by atoms with van der Waals surface area (Å²) in [6.45, 7) is 9.11. The molecule has 0 amide bonds. The Kier molecular flexibility index (Phi) is 2.41. The molecule has 0 aromatic heterocycles. The van der Waals surface area contributed by atoms with Gasteiger partial charge >= 0.3 is 0 Å². The van der Waals surface area contributed by atoms with Crippen molar-refractivity contribution in [2.75, 3.05) is 0 Å². The number of rotatable bonds is 2. The highest BCUT2D eigenvalue weighted by molar-refractivity contribution is 8.09. The first kappa shape index (κ1) is 10.2. The van der Waals surface area contributed by atoms with Crippen molar-refractivity contribution >= 4 is 23.5 Å². The topological polar surface area (TPSA) is 9.23 Å². The summed E-state index contributed by atoms with van der Waals surface area (Å²) in [5.74, 6) is 0. The molecular formula is C10H18OS2. The van der Waals surface area contributed by atoms with Gasteiger partial charge in [-0.25, -0.2) is 0 Å².